The third-order valence-electron chi connectivity index (χ3n) is 2.00. The maximum Gasteiger partial charge on any atom is 0.184 e. The van der Waals surface area contributed by atoms with Gasteiger partial charge < -0.3 is 0 Å². The molecule has 2 rings (SSSR count). The summed E-state index contributed by atoms with van der Waals surface area (Å²) in [6, 6.07) is 9.12. The van der Waals surface area contributed by atoms with E-state index in [0.717, 1.165) is 0 Å². The number of aromatic nitrogens is 2. The molecule has 0 aliphatic carbocycles. The second kappa shape index (κ2) is 4.28. The second-order valence-electron chi connectivity index (χ2n) is 3.15. The molecule has 4 heteroatoms. The predicted molar refractivity (Wildman–Crippen MR) is 58.0 cm³/mol. The first-order valence-electron chi connectivity index (χ1n) is 4.52. The standard InChI is InChI=1S/C11H9ClN2O/c12-10-6-13-14(7-10)8-11(15)9-4-2-1-3-5-9/h1-7H,8H2. The highest BCUT2D eigenvalue weighted by atomic mass is 35.5. The van der Waals surface area contributed by atoms with Crippen LogP contribution in [0.4, 0.5) is 0 Å². The van der Waals surface area contributed by atoms with Crippen LogP contribution in [0.15, 0.2) is 42.7 Å². The number of carbonyl (C=O) groups excluding carboxylic acids is 1. The van der Waals surface area contributed by atoms with Gasteiger partial charge in [-0.1, -0.05) is 41.9 Å². The van der Waals surface area contributed by atoms with E-state index in [-0.39, 0.29) is 12.3 Å². The fourth-order valence-corrected chi connectivity index (χ4v) is 1.44. The smallest absolute Gasteiger partial charge is 0.184 e. The molecule has 0 spiro atoms. The number of carbonyl (C=O) groups is 1. The fraction of sp³-hybridized carbons (Fsp3) is 0.0909. The maximum atomic E-state index is 11.7. The first kappa shape index (κ1) is 9.93. The highest BCUT2D eigenvalue weighted by Gasteiger charge is 2.06. The normalized spacial score (nSPS) is 10.2. The number of halogens is 1. The number of nitrogens with zero attached hydrogens (tertiary/aromatic N) is 2. The number of hydrogen-bond donors (Lipinski definition) is 0. The van der Waals surface area contributed by atoms with Gasteiger partial charge in [-0.05, 0) is 0 Å². The molecule has 2 aromatic rings. The minimum absolute atomic E-state index is 0.0235. The van der Waals surface area contributed by atoms with Crippen molar-refractivity contribution in [2.24, 2.45) is 0 Å². The molecule has 3 nitrogen and oxygen atoms in total. The quantitative estimate of drug-likeness (QED) is 0.745. The Morgan fingerprint density at radius 3 is 2.67 bits per heavy atom. The lowest BCUT2D eigenvalue weighted by Gasteiger charge is -2.00. The Morgan fingerprint density at radius 1 is 1.33 bits per heavy atom. The topological polar surface area (TPSA) is 34.9 Å². The predicted octanol–water partition coefficient (Wildman–Crippen LogP) is 2.42. The van der Waals surface area contributed by atoms with E-state index in [1.807, 2.05) is 18.2 Å². The van der Waals surface area contributed by atoms with Crippen molar-refractivity contribution in [1.29, 1.82) is 0 Å². The minimum Gasteiger partial charge on any atom is -0.292 e. The van der Waals surface area contributed by atoms with Crippen LogP contribution >= 0.6 is 11.6 Å². The van der Waals surface area contributed by atoms with Crippen LogP contribution in [-0.4, -0.2) is 15.6 Å². The number of rotatable bonds is 3. The lowest BCUT2D eigenvalue weighted by Crippen LogP contribution is -2.10. The van der Waals surface area contributed by atoms with E-state index in [0.29, 0.717) is 10.6 Å². The Hall–Kier alpha value is -1.61. The maximum absolute atomic E-state index is 11.7. The summed E-state index contributed by atoms with van der Waals surface area (Å²) in [6.07, 6.45) is 3.14. The van der Waals surface area contributed by atoms with E-state index in [4.69, 9.17) is 11.6 Å². The highest BCUT2D eigenvalue weighted by Crippen LogP contribution is 2.06. The lowest BCUT2D eigenvalue weighted by atomic mass is 10.1. The average molecular weight is 221 g/mol. The molecule has 0 fully saturated rings. The van der Waals surface area contributed by atoms with Crippen LogP contribution in [0.1, 0.15) is 10.4 Å². The fourth-order valence-electron chi connectivity index (χ4n) is 1.29. The van der Waals surface area contributed by atoms with Crippen molar-refractivity contribution < 1.29 is 4.79 Å². The number of benzene rings is 1. The Morgan fingerprint density at radius 2 is 2.07 bits per heavy atom. The van der Waals surface area contributed by atoms with Gasteiger partial charge in [-0.25, -0.2) is 0 Å². The molecule has 0 amide bonds. The first-order valence-corrected chi connectivity index (χ1v) is 4.90. The average Bonchev–Trinajstić information content (AvgIpc) is 2.65. The van der Waals surface area contributed by atoms with Crippen LogP contribution in [0.2, 0.25) is 5.02 Å². The Bertz CT molecular complexity index is 464. The van der Waals surface area contributed by atoms with Crippen molar-refractivity contribution in [2.75, 3.05) is 0 Å². The lowest BCUT2D eigenvalue weighted by molar-refractivity contribution is 0.0968. The molecule has 1 heterocycles. The van der Waals surface area contributed by atoms with E-state index >= 15 is 0 Å². The van der Waals surface area contributed by atoms with Crippen molar-refractivity contribution in [2.45, 2.75) is 6.54 Å². The molecule has 0 N–H and O–H groups in total. The van der Waals surface area contributed by atoms with Gasteiger partial charge in [0.25, 0.3) is 0 Å². The molecule has 0 unspecified atom stereocenters. The van der Waals surface area contributed by atoms with Gasteiger partial charge in [0.05, 0.1) is 11.2 Å². The van der Waals surface area contributed by atoms with E-state index in [1.54, 1.807) is 18.3 Å². The number of ketones is 1. The summed E-state index contributed by atoms with van der Waals surface area (Å²) in [5.74, 6) is 0.0235. The number of hydrogen-bond acceptors (Lipinski definition) is 2. The zero-order valence-corrected chi connectivity index (χ0v) is 8.69. The van der Waals surface area contributed by atoms with Crippen molar-refractivity contribution in [3.05, 3.63) is 53.3 Å². The molecule has 0 aliphatic heterocycles. The molecular formula is C11H9ClN2O. The first-order chi connectivity index (χ1) is 7.25. The highest BCUT2D eigenvalue weighted by molar-refractivity contribution is 6.30. The summed E-state index contributed by atoms with van der Waals surface area (Å²) in [4.78, 5) is 11.7. The molecule has 1 aromatic heterocycles. The van der Waals surface area contributed by atoms with Gasteiger partial charge in [0.1, 0.15) is 6.54 Å². The SMILES string of the molecule is O=C(Cn1cc(Cl)cn1)c1ccccc1. The van der Waals surface area contributed by atoms with Gasteiger partial charge >= 0.3 is 0 Å². The Kier molecular flexibility index (Phi) is 2.83. The van der Waals surface area contributed by atoms with E-state index in [9.17, 15) is 4.79 Å². The minimum atomic E-state index is 0.0235. The van der Waals surface area contributed by atoms with Crippen molar-refractivity contribution in [3.63, 3.8) is 0 Å². The molecule has 0 aliphatic rings. The summed E-state index contributed by atoms with van der Waals surface area (Å²) < 4.78 is 1.53. The van der Waals surface area contributed by atoms with E-state index in [2.05, 4.69) is 5.10 Å². The zero-order valence-electron chi connectivity index (χ0n) is 7.93. The molecule has 0 bridgehead atoms. The van der Waals surface area contributed by atoms with Gasteiger partial charge in [-0.3, -0.25) is 9.48 Å². The van der Waals surface area contributed by atoms with Crippen LogP contribution < -0.4 is 0 Å². The summed E-state index contributed by atoms with van der Waals surface area (Å²) in [5.41, 5.74) is 0.684. The van der Waals surface area contributed by atoms with Crippen LogP contribution in [0.3, 0.4) is 0 Å². The molecule has 0 saturated carbocycles. The summed E-state index contributed by atoms with van der Waals surface area (Å²) in [5, 5.41) is 4.48. The van der Waals surface area contributed by atoms with Gasteiger partial charge in [-0.2, -0.15) is 5.10 Å². The van der Waals surface area contributed by atoms with Crippen molar-refractivity contribution >= 4 is 17.4 Å². The zero-order chi connectivity index (χ0) is 10.7. The third kappa shape index (κ3) is 2.44. The van der Waals surface area contributed by atoms with Gasteiger partial charge in [0, 0.05) is 11.8 Å². The monoisotopic (exact) mass is 220 g/mol. The van der Waals surface area contributed by atoms with Crippen LogP contribution in [0, 0.1) is 0 Å². The largest absolute Gasteiger partial charge is 0.292 e. The van der Waals surface area contributed by atoms with Gasteiger partial charge in [0.15, 0.2) is 5.78 Å². The Balaban J connectivity index is 2.11. The molecule has 0 atom stereocenters. The van der Waals surface area contributed by atoms with Gasteiger partial charge in [-0.15, -0.1) is 0 Å². The Labute approximate surface area is 92.3 Å². The van der Waals surface area contributed by atoms with Crippen LogP contribution in [0.5, 0.6) is 0 Å². The van der Waals surface area contributed by atoms with Crippen LogP contribution in [-0.2, 0) is 6.54 Å². The van der Waals surface area contributed by atoms with Gasteiger partial charge in [0.2, 0.25) is 0 Å². The summed E-state index contributed by atoms with van der Waals surface area (Å²) >= 11 is 5.70. The van der Waals surface area contributed by atoms with Crippen molar-refractivity contribution in [3.8, 4) is 0 Å². The van der Waals surface area contributed by atoms with E-state index < -0.39 is 0 Å². The summed E-state index contributed by atoms with van der Waals surface area (Å²) in [6.45, 7) is 0.219. The third-order valence-corrected chi connectivity index (χ3v) is 2.20. The molecule has 0 saturated heterocycles. The molecule has 76 valence electrons. The number of Topliss-reactive ketones (excluding diaryl/α,β-unsaturated/α-hetero) is 1. The molecular weight excluding hydrogens is 212 g/mol. The van der Waals surface area contributed by atoms with E-state index in [1.165, 1.54) is 10.9 Å². The summed E-state index contributed by atoms with van der Waals surface area (Å²) in [7, 11) is 0. The molecule has 15 heavy (non-hydrogen) atoms. The van der Waals surface area contributed by atoms with Crippen LogP contribution in [0.25, 0.3) is 0 Å². The molecule has 1 aromatic carbocycles. The van der Waals surface area contributed by atoms with Crippen molar-refractivity contribution in [1.82, 2.24) is 9.78 Å². The molecule has 0 radical (unpaired) electrons. The second-order valence-corrected chi connectivity index (χ2v) is 3.58.